The van der Waals surface area contributed by atoms with Crippen LogP contribution in [0.15, 0.2) is 94.8 Å². The van der Waals surface area contributed by atoms with E-state index in [9.17, 15) is 18.4 Å². The van der Waals surface area contributed by atoms with Gasteiger partial charge in [0.25, 0.3) is 11.1 Å². The first-order chi connectivity index (χ1) is 31.3. The number of piperidine rings is 2. The standard InChI is InChI=1S/2C24H27FN4O3/c25-18-3-1-17-2-4-24(30)29(21(17)13-18)10-9-28-7-5-19(6-8-28)26-15-20-14-22-23(16-27-20)32-12-11-31-22;25-20-2-1-3-21-19(20)4-5-24(30)29(21)11-10-28-8-6-17(7-9-28)26-15-18-14-22-23(16-27-18)32-13-12-31-22/h1-4,13-14,16,19,26H,5-12,15H2;1-5,14,16-17,26H,6-13,15H2. The number of pyridine rings is 4. The molecule has 0 spiro atoms. The molecule has 16 heteroatoms. The minimum absolute atomic E-state index is 0.0911. The molecule has 0 radical (unpaired) electrons. The van der Waals surface area contributed by atoms with Crippen LogP contribution in [0.25, 0.3) is 21.8 Å². The average molecular weight is 877 g/mol. The summed E-state index contributed by atoms with van der Waals surface area (Å²) in [7, 11) is 0. The number of nitrogens with zero attached hydrogens (tertiary/aromatic N) is 6. The van der Waals surface area contributed by atoms with E-state index in [0.29, 0.717) is 92.6 Å². The summed E-state index contributed by atoms with van der Waals surface area (Å²) in [6, 6.07) is 20.5. The second-order valence-corrected chi connectivity index (χ2v) is 16.7. The number of hydrogen-bond donors (Lipinski definition) is 2. The molecular weight excluding hydrogens is 823 g/mol. The minimum Gasteiger partial charge on any atom is -0.486 e. The molecule has 0 aliphatic carbocycles. The fraction of sp³-hybridized carbons (Fsp3) is 0.417. The Morgan fingerprint density at radius 2 is 1.06 bits per heavy atom. The Kier molecular flexibility index (Phi) is 13.7. The number of benzene rings is 2. The molecule has 0 bridgehead atoms. The summed E-state index contributed by atoms with van der Waals surface area (Å²) in [6.07, 6.45) is 7.59. The Morgan fingerprint density at radius 1 is 0.562 bits per heavy atom. The number of hydrogen-bond acceptors (Lipinski definition) is 12. The van der Waals surface area contributed by atoms with Crippen molar-refractivity contribution < 1.29 is 27.7 Å². The Morgan fingerprint density at radius 3 is 1.62 bits per heavy atom. The van der Waals surface area contributed by atoms with E-state index in [1.54, 1.807) is 51.9 Å². The molecule has 0 amide bonds. The maximum atomic E-state index is 14.1. The molecule has 64 heavy (non-hydrogen) atoms. The predicted octanol–water partition coefficient (Wildman–Crippen LogP) is 5.12. The van der Waals surface area contributed by atoms with Crippen molar-refractivity contribution in [3.8, 4) is 23.0 Å². The molecule has 2 fully saturated rings. The van der Waals surface area contributed by atoms with Crippen LogP contribution >= 0.6 is 0 Å². The van der Waals surface area contributed by atoms with Crippen molar-refractivity contribution in [2.24, 2.45) is 0 Å². The van der Waals surface area contributed by atoms with Gasteiger partial charge in [0.05, 0.1) is 34.8 Å². The van der Waals surface area contributed by atoms with E-state index in [1.807, 2.05) is 18.2 Å². The van der Waals surface area contributed by atoms with Gasteiger partial charge in [-0.05, 0) is 99.7 Å². The van der Waals surface area contributed by atoms with Crippen LogP contribution in [0.2, 0.25) is 0 Å². The number of halogens is 2. The number of nitrogens with one attached hydrogen (secondary N) is 2. The SMILES string of the molecule is O=c1ccc2c(F)cccc2n1CCN1CCC(NCc2cc3c(cn2)OCCO3)CC1.O=c1ccc2ccc(F)cc2n1CCN1CCC(NCc2cc3c(cn2)OCCO3)CC1. The molecule has 10 rings (SSSR count). The molecule has 6 aromatic rings. The number of likely N-dealkylation sites (tertiary alicyclic amines) is 2. The summed E-state index contributed by atoms with van der Waals surface area (Å²) >= 11 is 0. The largest absolute Gasteiger partial charge is 0.486 e. The van der Waals surface area contributed by atoms with Gasteiger partial charge in [-0.15, -0.1) is 0 Å². The van der Waals surface area contributed by atoms with Crippen LogP contribution in [0.1, 0.15) is 37.1 Å². The Bertz CT molecular complexity index is 2580. The van der Waals surface area contributed by atoms with Crippen molar-refractivity contribution in [1.82, 2.24) is 39.5 Å². The summed E-state index contributed by atoms with van der Waals surface area (Å²) in [5, 5.41) is 8.56. The molecule has 4 aliphatic heterocycles. The molecule has 2 aromatic carbocycles. The third-order valence-electron chi connectivity index (χ3n) is 12.5. The van der Waals surface area contributed by atoms with E-state index in [2.05, 4.69) is 30.4 Å². The van der Waals surface area contributed by atoms with E-state index >= 15 is 0 Å². The zero-order valence-electron chi connectivity index (χ0n) is 35.9. The zero-order chi connectivity index (χ0) is 43.8. The van der Waals surface area contributed by atoms with Crippen LogP contribution < -0.4 is 40.7 Å². The maximum Gasteiger partial charge on any atom is 0.251 e. The summed E-state index contributed by atoms with van der Waals surface area (Å²) in [4.78, 5) is 38.4. The molecule has 0 saturated carbocycles. The van der Waals surface area contributed by atoms with Gasteiger partial charge in [0, 0.05) is 81.0 Å². The smallest absolute Gasteiger partial charge is 0.251 e. The normalized spacial score (nSPS) is 17.0. The minimum atomic E-state index is -0.323. The van der Waals surface area contributed by atoms with Crippen LogP contribution in [0, 0.1) is 11.6 Å². The van der Waals surface area contributed by atoms with Gasteiger partial charge in [-0.1, -0.05) is 6.07 Å². The van der Waals surface area contributed by atoms with Crippen LogP contribution in [-0.4, -0.2) is 107 Å². The van der Waals surface area contributed by atoms with Gasteiger partial charge in [0.1, 0.15) is 38.1 Å². The van der Waals surface area contributed by atoms with Crippen molar-refractivity contribution in [2.45, 2.75) is 63.9 Å². The van der Waals surface area contributed by atoms with Crippen molar-refractivity contribution >= 4 is 21.8 Å². The Balaban J connectivity index is 0.000000162. The van der Waals surface area contributed by atoms with Gasteiger partial charge < -0.3 is 48.5 Å². The molecule has 2 saturated heterocycles. The second-order valence-electron chi connectivity index (χ2n) is 16.7. The topological polar surface area (TPSA) is 137 Å². The molecule has 0 unspecified atom stereocenters. The monoisotopic (exact) mass is 876 g/mol. The van der Waals surface area contributed by atoms with Crippen molar-refractivity contribution in [3.05, 3.63) is 129 Å². The molecule has 8 heterocycles. The Labute approximate surface area is 369 Å². The lowest BCUT2D eigenvalue weighted by molar-refractivity contribution is 0.170. The van der Waals surface area contributed by atoms with E-state index < -0.39 is 0 Å². The predicted molar refractivity (Wildman–Crippen MR) is 239 cm³/mol. The number of ether oxygens (including phenoxy) is 4. The van der Waals surface area contributed by atoms with Crippen molar-refractivity contribution in [1.29, 1.82) is 0 Å². The first kappa shape index (κ1) is 43.3. The molecule has 4 aromatic heterocycles. The third-order valence-corrected chi connectivity index (χ3v) is 12.5. The molecule has 2 N–H and O–H groups in total. The van der Waals surface area contributed by atoms with Crippen LogP contribution in [0.5, 0.6) is 23.0 Å². The van der Waals surface area contributed by atoms with Crippen LogP contribution in [0.3, 0.4) is 0 Å². The van der Waals surface area contributed by atoms with Gasteiger partial charge in [0.15, 0.2) is 23.0 Å². The maximum absolute atomic E-state index is 14.1. The van der Waals surface area contributed by atoms with Gasteiger partial charge in [0.2, 0.25) is 0 Å². The highest BCUT2D eigenvalue weighted by Gasteiger charge is 2.22. The lowest BCUT2D eigenvalue weighted by Gasteiger charge is -2.32. The first-order valence-corrected chi connectivity index (χ1v) is 22.3. The van der Waals surface area contributed by atoms with E-state index in [0.717, 1.165) is 93.2 Å². The van der Waals surface area contributed by atoms with Crippen LogP contribution in [-0.2, 0) is 26.2 Å². The van der Waals surface area contributed by atoms with Gasteiger partial charge in [-0.25, -0.2) is 8.78 Å². The summed E-state index contributed by atoms with van der Waals surface area (Å²) < 4.78 is 53.4. The zero-order valence-corrected chi connectivity index (χ0v) is 35.9. The lowest BCUT2D eigenvalue weighted by atomic mass is 10.0. The highest BCUT2D eigenvalue weighted by atomic mass is 19.1. The first-order valence-electron chi connectivity index (χ1n) is 22.3. The molecule has 4 aliphatic rings. The summed E-state index contributed by atoms with van der Waals surface area (Å²) in [5.74, 6) is 2.33. The van der Waals surface area contributed by atoms with Gasteiger partial charge in [-0.3, -0.25) is 19.6 Å². The fourth-order valence-corrected chi connectivity index (χ4v) is 8.89. The summed E-state index contributed by atoms with van der Waals surface area (Å²) in [6.45, 7) is 10.1. The van der Waals surface area contributed by atoms with E-state index in [4.69, 9.17) is 18.9 Å². The molecule has 336 valence electrons. The highest BCUT2D eigenvalue weighted by Crippen LogP contribution is 2.30. The van der Waals surface area contributed by atoms with Crippen LogP contribution in [0.4, 0.5) is 8.78 Å². The van der Waals surface area contributed by atoms with Gasteiger partial charge >= 0.3 is 0 Å². The summed E-state index contributed by atoms with van der Waals surface area (Å²) in [5.41, 5.74) is 3.01. The van der Waals surface area contributed by atoms with E-state index in [1.165, 1.54) is 24.3 Å². The number of fused-ring (bicyclic) bond motifs is 4. The van der Waals surface area contributed by atoms with E-state index in [-0.39, 0.29) is 22.8 Å². The average Bonchev–Trinajstić information content (AvgIpc) is 3.33. The van der Waals surface area contributed by atoms with Gasteiger partial charge in [-0.2, -0.15) is 0 Å². The number of rotatable bonds is 12. The Hall–Kier alpha value is -5.94. The number of aromatic nitrogens is 4. The van der Waals surface area contributed by atoms with Crippen molar-refractivity contribution in [2.75, 3.05) is 65.7 Å². The third kappa shape index (κ3) is 10.5. The van der Waals surface area contributed by atoms with Crippen molar-refractivity contribution in [3.63, 3.8) is 0 Å². The quantitative estimate of drug-likeness (QED) is 0.169. The fourth-order valence-electron chi connectivity index (χ4n) is 8.89. The molecule has 0 atom stereocenters. The second kappa shape index (κ2) is 20.3. The molecule has 14 nitrogen and oxygen atoms in total. The highest BCUT2D eigenvalue weighted by molar-refractivity contribution is 5.80. The molecular formula is C48H54F2N8O6. The lowest BCUT2D eigenvalue weighted by Crippen LogP contribution is -2.43.